The van der Waals surface area contributed by atoms with Crippen molar-refractivity contribution in [1.82, 2.24) is 14.9 Å². The first-order chi connectivity index (χ1) is 13.0. The molecule has 5 heteroatoms. The van der Waals surface area contributed by atoms with Crippen LogP contribution < -0.4 is 11.5 Å². The highest BCUT2D eigenvalue weighted by Gasteiger charge is 2.15. The average molecular weight is 364 g/mol. The number of nitrogens with one attached hydrogen (secondary N) is 1. The number of aromatic amines is 1. The molecule has 0 aliphatic carbocycles. The van der Waals surface area contributed by atoms with Gasteiger partial charge in [0.1, 0.15) is 0 Å². The van der Waals surface area contributed by atoms with Gasteiger partial charge >= 0.3 is 0 Å². The molecule has 1 unspecified atom stereocenters. The number of allylic oxidation sites excluding steroid dienone is 4. The van der Waals surface area contributed by atoms with Crippen LogP contribution in [0, 0.1) is 6.92 Å². The van der Waals surface area contributed by atoms with E-state index in [1.165, 1.54) is 0 Å². The Morgan fingerprint density at radius 3 is 2.52 bits per heavy atom. The van der Waals surface area contributed by atoms with Crippen LogP contribution in [0.4, 0.5) is 0 Å². The van der Waals surface area contributed by atoms with E-state index in [0.29, 0.717) is 11.4 Å². The van der Waals surface area contributed by atoms with Gasteiger partial charge in [-0.2, -0.15) is 0 Å². The number of nitrogens with two attached hydrogens (primary N) is 2. The molecule has 0 saturated heterocycles. The molecule has 27 heavy (non-hydrogen) atoms. The number of pyridine rings is 1. The lowest BCUT2D eigenvalue weighted by atomic mass is 10.1. The molecule has 0 fully saturated rings. The molecule has 0 saturated carbocycles. The van der Waals surface area contributed by atoms with Crippen molar-refractivity contribution in [3.05, 3.63) is 89.7 Å². The molecule has 0 aromatic carbocycles. The summed E-state index contributed by atoms with van der Waals surface area (Å²) in [6.45, 7) is 5.94. The first-order valence-corrected chi connectivity index (χ1v) is 9.18. The summed E-state index contributed by atoms with van der Waals surface area (Å²) in [6.07, 6.45) is 11.8. The Bertz CT molecular complexity index is 870. The van der Waals surface area contributed by atoms with Gasteiger partial charge in [-0.15, -0.1) is 0 Å². The van der Waals surface area contributed by atoms with Crippen LogP contribution in [0.25, 0.3) is 11.4 Å². The molecule has 1 aliphatic heterocycles. The van der Waals surface area contributed by atoms with Crippen molar-refractivity contribution in [3.63, 3.8) is 0 Å². The largest absolute Gasteiger partial charge is 0.397 e. The van der Waals surface area contributed by atoms with E-state index in [9.17, 15) is 0 Å². The number of aryl methyl sites for hydroxylation is 1. The maximum absolute atomic E-state index is 6.19. The first kappa shape index (κ1) is 20.1. The van der Waals surface area contributed by atoms with Crippen LogP contribution in [0.5, 0.6) is 0 Å². The molecule has 3 rings (SSSR count). The van der Waals surface area contributed by atoms with E-state index in [-0.39, 0.29) is 6.04 Å². The highest BCUT2D eigenvalue weighted by Crippen LogP contribution is 2.24. The maximum atomic E-state index is 6.19. The molecule has 0 radical (unpaired) electrons. The van der Waals surface area contributed by atoms with Crippen LogP contribution >= 0.6 is 0 Å². The molecule has 2 aromatic heterocycles. The number of likely N-dealkylation sites (N-methyl/N-ethyl adjacent to an activating group) is 1. The Morgan fingerprint density at radius 1 is 1.07 bits per heavy atom. The quantitative estimate of drug-likeness (QED) is 0.714. The van der Waals surface area contributed by atoms with Gasteiger partial charge in [-0.25, -0.2) is 0 Å². The molecule has 0 spiro atoms. The number of H-pyrrole nitrogens is 1. The van der Waals surface area contributed by atoms with Crippen molar-refractivity contribution in [2.24, 2.45) is 11.5 Å². The third-order valence-electron chi connectivity index (χ3n) is 4.13. The van der Waals surface area contributed by atoms with Crippen LogP contribution in [-0.4, -0.2) is 21.9 Å². The Hall–Kier alpha value is -3.21. The van der Waals surface area contributed by atoms with Gasteiger partial charge in [0.25, 0.3) is 0 Å². The standard InChI is InChI=1S/C20H23N5.C2H6/c1-14-6-5-7-17(23-14)15(21)9-10-16(22)18-11-12-19(24-18)20-8-3-4-13-25(20)2;1-2/h3-13,20,24H,21-22H2,1-2H3;1-2H3/b15-9-,16-10-;. The summed E-state index contributed by atoms with van der Waals surface area (Å²) in [5, 5.41) is 0. The van der Waals surface area contributed by atoms with Crippen molar-refractivity contribution >= 4 is 11.4 Å². The minimum atomic E-state index is 0.184. The summed E-state index contributed by atoms with van der Waals surface area (Å²) in [6, 6.07) is 9.97. The number of rotatable bonds is 4. The molecule has 142 valence electrons. The molecule has 5 nitrogen and oxygen atoms in total. The van der Waals surface area contributed by atoms with E-state index in [0.717, 1.165) is 22.8 Å². The lowest BCUT2D eigenvalue weighted by molar-refractivity contribution is 0.384. The third-order valence-corrected chi connectivity index (χ3v) is 4.13. The summed E-state index contributed by atoms with van der Waals surface area (Å²) in [5.74, 6) is 0. The van der Waals surface area contributed by atoms with E-state index < -0.39 is 0 Å². The lowest BCUT2D eigenvalue weighted by Gasteiger charge is -2.25. The Labute approximate surface area is 161 Å². The van der Waals surface area contributed by atoms with Crippen molar-refractivity contribution in [3.8, 4) is 0 Å². The molecule has 0 amide bonds. The molecule has 5 N–H and O–H groups in total. The number of aromatic nitrogens is 2. The van der Waals surface area contributed by atoms with Crippen molar-refractivity contribution in [2.45, 2.75) is 26.8 Å². The van der Waals surface area contributed by atoms with Gasteiger partial charge in [-0.05, 0) is 55.6 Å². The molecule has 1 aliphatic rings. The molecule has 0 bridgehead atoms. The normalized spacial score (nSPS) is 16.9. The first-order valence-electron chi connectivity index (χ1n) is 9.18. The van der Waals surface area contributed by atoms with Gasteiger partial charge in [-0.3, -0.25) is 4.98 Å². The average Bonchev–Trinajstić information content (AvgIpc) is 3.18. The molecule has 3 heterocycles. The lowest BCUT2D eigenvalue weighted by Crippen LogP contribution is -2.19. The zero-order valence-electron chi connectivity index (χ0n) is 16.5. The second kappa shape index (κ2) is 9.48. The summed E-state index contributed by atoms with van der Waals surface area (Å²) in [4.78, 5) is 9.92. The fraction of sp³-hybridized carbons (Fsp3) is 0.227. The van der Waals surface area contributed by atoms with Gasteiger partial charge in [0.15, 0.2) is 0 Å². The zero-order valence-corrected chi connectivity index (χ0v) is 16.5. The van der Waals surface area contributed by atoms with Crippen LogP contribution in [0.15, 0.2) is 66.9 Å². The van der Waals surface area contributed by atoms with Crippen LogP contribution in [0.3, 0.4) is 0 Å². The predicted octanol–water partition coefficient (Wildman–Crippen LogP) is 4.10. The van der Waals surface area contributed by atoms with Crippen LogP contribution in [-0.2, 0) is 0 Å². The third kappa shape index (κ3) is 5.14. The van der Waals surface area contributed by atoms with E-state index in [1.807, 2.05) is 70.4 Å². The van der Waals surface area contributed by atoms with Gasteiger partial charge < -0.3 is 21.4 Å². The SMILES string of the molecule is CC.Cc1cccc(/C(N)=C/C=C(\N)c2ccc(C3C=CC=CN3C)[nH]2)n1. The smallest absolute Gasteiger partial charge is 0.0869 e. The summed E-state index contributed by atoms with van der Waals surface area (Å²) < 4.78 is 0. The Balaban J connectivity index is 0.00000126. The minimum Gasteiger partial charge on any atom is -0.397 e. The van der Waals surface area contributed by atoms with Gasteiger partial charge in [0, 0.05) is 18.4 Å². The van der Waals surface area contributed by atoms with Crippen molar-refractivity contribution in [1.29, 1.82) is 0 Å². The minimum absolute atomic E-state index is 0.184. The number of hydrogen-bond acceptors (Lipinski definition) is 4. The number of nitrogens with zero attached hydrogens (tertiary/aromatic N) is 2. The highest BCUT2D eigenvalue weighted by atomic mass is 15.1. The van der Waals surface area contributed by atoms with E-state index in [1.54, 1.807) is 12.2 Å². The second-order valence-corrected chi connectivity index (χ2v) is 6.07. The maximum Gasteiger partial charge on any atom is 0.0869 e. The van der Waals surface area contributed by atoms with Crippen molar-refractivity contribution < 1.29 is 0 Å². The second-order valence-electron chi connectivity index (χ2n) is 6.07. The highest BCUT2D eigenvalue weighted by molar-refractivity contribution is 5.68. The van der Waals surface area contributed by atoms with Gasteiger partial charge in [0.2, 0.25) is 0 Å². The van der Waals surface area contributed by atoms with Gasteiger partial charge in [-0.1, -0.05) is 32.1 Å². The van der Waals surface area contributed by atoms with Gasteiger partial charge in [0.05, 0.1) is 28.8 Å². The van der Waals surface area contributed by atoms with E-state index in [4.69, 9.17) is 11.5 Å². The zero-order chi connectivity index (χ0) is 19.8. The topological polar surface area (TPSA) is 84.0 Å². The van der Waals surface area contributed by atoms with Crippen LogP contribution in [0.2, 0.25) is 0 Å². The Kier molecular flexibility index (Phi) is 7.06. The summed E-state index contributed by atoms with van der Waals surface area (Å²) >= 11 is 0. The van der Waals surface area contributed by atoms with Crippen molar-refractivity contribution in [2.75, 3.05) is 7.05 Å². The molecular weight excluding hydrogens is 334 g/mol. The summed E-state index contributed by atoms with van der Waals surface area (Å²) in [5.41, 5.74) is 17.1. The number of hydrogen-bond donors (Lipinski definition) is 3. The Morgan fingerprint density at radius 2 is 1.81 bits per heavy atom. The fourth-order valence-electron chi connectivity index (χ4n) is 2.72. The van der Waals surface area contributed by atoms with Crippen LogP contribution in [0.1, 0.15) is 42.7 Å². The fourth-order valence-corrected chi connectivity index (χ4v) is 2.72. The monoisotopic (exact) mass is 363 g/mol. The van der Waals surface area contributed by atoms with E-state index in [2.05, 4.69) is 27.0 Å². The van der Waals surface area contributed by atoms with E-state index >= 15 is 0 Å². The molecule has 1 atom stereocenters. The summed E-state index contributed by atoms with van der Waals surface area (Å²) in [7, 11) is 2.04. The molecule has 2 aromatic rings. The predicted molar refractivity (Wildman–Crippen MR) is 114 cm³/mol. The molecular formula is C22H29N5.